The molecule has 0 aliphatic carbocycles. The highest BCUT2D eigenvalue weighted by Gasteiger charge is 2.19. The maximum atomic E-state index is 9.72. The van der Waals surface area contributed by atoms with Crippen LogP contribution in [-0.4, -0.2) is 24.3 Å². The van der Waals surface area contributed by atoms with Crippen molar-refractivity contribution in [1.82, 2.24) is 4.98 Å². The Morgan fingerprint density at radius 3 is 2.53 bits per heavy atom. The number of hydrogen-bond donors (Lipinski definition) is 0. The van der Waals surface area contributed by atoms with Crippen LogP contribution in [0, 0.1) is 22.7 Å². The zero-order valence-electron chi connectivity index (χ0n) is 17.2. The van der Waals surface area contributed by atoms with Gasteiger partial charge in [0.25, 0.3) is 0 Å². The lowest BCUT2D eigenvalue weighted by atomic mass is 9.99. The number of furan rings is 1. The highest BCUT2D eigenvalue weighted by Crippen LogP contribution is 2.37. The number of aromatic nitrogens is 1. The molecule has 1 aliphatic heterocycles. The van der Waals surface area contributed by atoms with Crippen molar-refractivity contribution in [1.29, 1.82) is 10.5 Å². The van der Waals surface area contributed by atoms with Crippen molar-refractivity contribution in [2.24, 2.45) is 0 Å². The number of pyridine rings is 1. The van der Waals surface area contributed by atoms with Gasteiger partial charge in [0, 0.05) is 35.7 Å². The average molecular weight is 421 g/mol. The third kappa shape index (κ3) is 3.58. The highest BCUT2D eigenvalue weighted by atomic mass is 16.5. The van der Waals surface area contributed by atoms with Crippen LogP contribution in [0.4, 0.5) is 0 Å². The SMILES string of the molecule is N#Cc1cc(-c2ccnc3c(-c4ccccc4C#N)coc23)ccc1OC1CCOCC1. The van der Waals surface area contributed by atoms with Crippen molar-refractivity contribution in [3.8, 4) is 40.1 Å². The van der Waals surface area contributed by atoms with Crippen molar-refractivity contribution in [2.45, 2.75) is 18.9 Å². The molecular weight excluding hydrogens is 402 g/mol. The number of hydrogen-bond acceptors (Lipinski definition) is 6. The first-order chi connectivity index (χ1) is 15.8. The van der Waals surface area contributed by atoms with Crippen LogP contribution in [0.25, 0.3) is 33.4 Å². The van der Waals surface area contributed by atoms with Gasteiger partial charge in [0.15, 0.2) is 5.58 Å². The Morgan fingerprint density at radius 2 is 1.72 bits per heavy atom. The highest BCUT2D eigenvalue weighted by molar-refractivity contribution is 5.99. The minimum absolute atomic E-state index is 0.0576. The van der Waals surface area contributed by atoms with Crippen molar-refractivity contribution in [2.75, 3.05) is 13.2 Å². The van der Waals surface area contributed by atoms with E-state index in [-0.39, 0.29) is 6.10 Å². The predicted molar refractivity (Wildman–Crippen MR) is 119 cm³/mol. The third-order valence-corrected chi connectivity index (χ3v) is 5.66. The molecule has 2 aromatic heterocycles. The van der Waals surface area contributed by atoms with Crippen LogP contribution in [0.5, 0.6) is 5.75 Å². The van der Waals surface area contributed by atoms with Crippen LogP contribution in [0.3, 0.4) is 0 Å². The minimum Gasteiger partial charge on any atom is -0.489 e. The summed E-state index contributed by atoms with van der Waals surface area (Å²) in [4.78, 5) is 4.51. The molecule has 0 atom stereocenters. The van der Waals surface area contributed by atoms with E-state index in [0.29, 0.717) is 41.2 Å². The molecule has 0 spiro atoms. The molecule has 0 unspecified atom stereocenters. The summed E-state index contributed by atoms with van der Waals surface area (Å²) in [5.41, 5.74) is 5.51. The van der Waals surface area contributed by atoms with Gasteiger partial charge in [-0.15, -0.1) is 0 Å². The number of ether oxygens (including phenoxy) is 2. The minimum atomic E-state index is 0.0576. The molecule has 0 amide bonds. The van der Waals surface area contributed by atoms with Crippen LogP contribution in [-0.2, 0) is 4.74 Å². The lowest BCUT2D eigenvalue weighted by Gasteiger charge is -2.23. The van der Waals surface area contributed by atoms with Gasteiger partial charge in [-0.25, -0.2) is 0 Å². The zero-order chi connectivity index (χ0) is 21.9. The fourth-order valence-corrected chi connectivity index (χ4v) is 4.03. The lowest BCUT2D eigenvalue weighted by molar-refractivity contribution is 0.0254. The Morgan fingerprint density at radius 1 is 0.906 bits per heavy atom. The molecule has 156 valence electrons. The summed E-state index contributed by atoms with van der Waals surface area (Å²) in [7, 11) is 0. The number of fused-ring (bicyclic) bond motifs is 1. The first kappa shape index (κ1) is 19.8. The first-order valence-electron chi connectivity index (χ1n) is 10.4. The monoisotopic (exact) mass is 421 g/mol. The Labute approximate surface area is 185 Å². The first-order valence-corrected chi connectivity index (χ1v) is 10.4. The zero-order valence-corrected chi connectivity index (χ0v) is 17.2. The second-order valence-electron chi connectivity index (χ2n) is 7.60. The third-order valence-electron chi connectivity index (χ3n) is 5.66. The van der Waals surface area contributed by atoms with Crippen LogP contribution >= 0.6 is 0 Å². The van der Waals surface area contributed by atoms with Crippen LogP contribution in [0.2, 0.25) is 0 Å². The molecule has 0 bridgehead atoms. The van der Waals surface area contributed by atoms with Crippen molar-refractivity contribution < 1.29 is 13.9 Å². The predicted octanol–water partition coefficient (Wildman–Crippen LogP) is 5.46. The molecule has 0 saturated carbocycles. The largest absolute Gasteiger partial charge is 0.489 e. The van der Waals surface area contributed by atoms with E-state index in [1.807, 2.05) is 42.5 Å². The van der Waals surface area contributed by atoms with Crippen molar-refractivity contribution >= 4 is 11.1 Å². The molecule has 1 fully saturated rings. The van der Waals surface area contributed by atoms with Crippen molar-refractivity contribution in [3.63, 3.8) is 0 Å². The molecule has 4 aromatic rings. The van der Waals surface area contributed by atoms with E-state index in [1.54, 1.807) is 18.5 Å². The summed E-state index contributed by atoms with van der Waals surface area (Å²) in [5, 5.41) is 19.2. The number of rotatable bonds is 4. The summed E-state index contributed by atoms with van der Waals surface area (Å²) in [6.07, 6.45) is 5.03. The van der Waals surface area contributed by atoms with Gasteiger partial charge in [0.05, 0.1) is 30.4 Å². The van der Waals surface area contributed by atoms with E-state index in [0.717, 1.165) is 35.1 Å². The summed E-state index contributed by atoms with van der Waals surface area (Å²) in [6, 6.07) is 19.3. The van der Waals surface area contributed by atoms with E-state index in [2.05, 4.69) is 17.1 Å². The fourth-order valence-electron chi connectivity index (χ4n) is 4.03. The molecule has 1 aliphatic rings. The molecule has 0 N–H and O–H groups in total. The van der Waals surface area contributed by atoms with Gasteiger partial charge in [-0.3, -0.25) is 4.98 Å². The van der Waals surface area contributed by atoms with Crippen LogP contribution < -0.4 is 4.74 Å². The second-order valence-corrected chi connectivity index (χ2v) is 7.60. The molecule has 32 heavy (non-hydrogen) atoms. The van der Waals surface area contributed by atoms with E-state index in [4.69, 9.17) is 13.9 Å². The number of nitriles is 2. The van der Waals surface area contributed by atoms with Gasteiger partial charge >= 0.3 is 0 Å². The van der Waals surface area contributed by atoms with E-state index >= 15 is 0 Å². The second kappa shape index (κ2) is 8.55. The molecule has 6 heteroatoms. The molecule has 0 radical (unpaired) electrons. The number of nitrogens with zero attached hydrogens (tertiary/aromatic N) is 3. The Balaban J connectivity index is 1.55. The summed E-state index contributed by atoms with van der Waals surface area (Å²) in [5.74, 6) is 0.580. The standard InChI is InChI=1S/C26H19N3O3/c27-14-18-3-1-2-4-21(18)23-16-31-26-22(7-10-29-25(23)26)17-5-6-24(19(13-17)15-28)32-20-8-11-30-12-9-20/h1-7,10,13,16,20H,8-9,11-12H2. The van der Waals surface area contributed by atoms with Gasteiger partial charge in [0.2, 0.25) is 0 Å². The molecule has 5 rings (SSSR count). The van der Waals surface area contributed by atoms with Gasteiger partial charge < -0.3 is 13.9 Å². The maximum absolute atomic E-state index is 9.72. The molecular formula is C26H19N3O3. The summed E-state index contributed by atoms with van der Waals surface area (Å²) in [6.45, 7) is 1.35. The van der Waals surface area contributed by atoms with Crippen molar-refractivity contribution in [3.05, 3.63) is 72.1 Å². The summed E-state index contributed by atoms with van der Waals surface area (Å²) >= 11 is 0. The normalized spacial score (nSPS) is 14.1. The molecule has 1 saturated heterocycles. The van der Waals surface area contributed by atoms with Gasteiger partial charge in [-0.2, -0.15) is 10.5 Å². The van der Waals surface area contributed by atoms with E-state index in [1.165, 1.54) is 0 Å². The summed E-state index contributed by atoms with van der Waals surface area (Å²) < 4.78 is 17.4. The average Bonchev–Trinajstić information content (AvgIpc) is 3.29. The van der Waals surface area contributed by atoms with Crippen LogP contribution in [0.15, 0.2) is 65.4 Å². The lowest BCUT2D eigenvalue weighted by Crippen LogP contribution is -2.26. The molecule has 2 aromatic carbocycles. The van der Waals surface area contributed by atoms with Gasteiger partial charge in [0.1, 0.15) is 29.7 Å². The van der Waals surface area contributed by atoms with Gasteiger partial charge in [-0.1, -0.05) is 24.3 Å². The Hall–Kier alpha value is -4.13. The van der Waals surface area contributed by atoms with Crippen LogP contribution in [0.1, 0.15) is 24.0 Å². The maximum Gasteiger partial charge on any atom is 0.160 e. The Kier molecular flexibility index (Phi) is 5.29. The smallest absolute Gasteiger partial charge is 0.160 e. The van der Waals surface area contributed by atoms with E-state index < -0.39 is 0 Å². The van der Waals surface area contributed by atoms with Gasteiger partial charge in [-0.05, 0) is 29.8 Å². The quantitative estimate of drug-likeness (QED) is 0.434. The number of benzene rings is 2. The molecule has 3 heterocycles. The van der Waals surface area contributed by atoms with E-state index in [9.17, 15) is 10.5 Å². The molecule has 6 nitrogen and oxygen atoms in total. The Bertz CT molecular complexity index is 1370. The fraction of sp³-hybridized carbons (Fsp3) is 0.192. The topological polar surface area (TPSA) is 92.1 Å².